The molecule has 0 bridgehead atoms. The van der Waals surface area contributed by atoms with Crippen molar-refractivity contribution in [1.82, 2.24) is 19.1 Å². The molecule has 3 aromatic rings. The van der Waals surface area contributed by atoms with Crippen molar-refractivity contribution in [2.75, 3.05) is 12.4 Å². The van der Waals surface area contributed by atoms with Crippen LogP contribution in [-0.2, 0) is 13.6 Å². The monoisotopic (exact) mass is 406 g/mol. The SMILES string of the molecule is C[C@@H](O)CSc1nc2c(c(=O)[nH]c(=O)n2C)n1C[C@H](O)COc1ccccc1. The first-order valence-corrected chi connectivity index (χ1v) is 9.71. The largest absolute Gasteiger partial charge is 0.491 e. The summed E-state index contributed by atoms with van der Waals surface area (Å²) in [7, 11) is 1.51. The Balaban J connectivity index is 1.90. The van der Waals surface area contributed by atoms with Gasteiger partial charge < -0.3 is 19.5 Å². The van der Waals surface area contributed by atoms with Gasteiger partial charge in [0, 0.05) is 12.8 Å². The smallest absolute Gasteiger partial charge is 0.329 e. The molecule has 0 saturated carbocycles. The minimum Gasteiger partial charge on any atom is -0.491 e. The van der Waals surface area contributed by atoms with E-state index in [-0.39, 0.29) is 24.3 Å². The minimum atomic E-state index is -0.917. The zero-order chi connectivity index (χ0) is 20.3. The quantitative estimate of drug-likeness (QED) is 0.461. The lowest BCUT2D eigenvalue weighted by Crippen LogP contribution is -2.30. The molecule has 0 saturated heterocycles. The molecule has 10 heteroatoms. The van der Waals surface area contributed by atoms with Crippen LogP contribution in [0, 0.1) is 0 Å². The van der Waals surface area contributed by atoms with E-state index in [1.54, 1.807) is 23.6 Å². The lowest BCUT2D eigenvalue weighted by Gasteiger charge is -2.15. The molecule has 0 radical (unpaired) electrons. The molecular weight excluding hydrogens is 384 g/mol. The van der Waals surface area contributed by atoms with Crippen LogP contribution in [-0.4, -0.2) is 53.9 Å². The lowest BCUT2D eigenvalue weighted by molar-refractivity contribution is 0.0913. The topological polar surface area (TPSA) is 122 Å². The van der Waals surface area contributed by atoms with E-state index in [4.69, 9.17) is 4.74 Å². The second-order valence-corrected chi connectivity index (χ2v) is 7.42. The van der Waals surface area contributed by atoms with E-state index in [0.29, 0.717) is 16.7 Å². The fourth-order valence-electron chi connectivity index (χ4n) is 2.66. The number of ether oxygens (including phenoxy) is 1. The van der Waals surface area contributed by atoms with Crippen molar-refractivity contribution in [1.29, 1.82) is 0 Å². The molecule has 0 aliphatic heterocycles. The van der Waals surface area contributed by atoms with Gasteiger partial charge in [-0.25, -0.2) is 9.78 Å². The molecule has 3 rings (SSSR count). The Bertz CT molecular complexity index is 1060. The molecule has 9 nitrogen and oxygen atoms in total. The van der Waals surface area contributed by atoms with E-state index in [2.05, 4.69) is 9.97 Å². The molecule has 0 unspecified atom stereocenters. The molecule has 1 aromatic carbocycles. The summed E-state index contributed by atoms with van der Waals surface area (Å²) in [5.41, 5.74) is -0.736. The number of thioether (sulfide) groups is 1. The Morgan fingerprint density at radius 1 is 1.25 bits per heavy atom. The molecule has 3 N–H and O–H groups in total. The van der Waals surface area contributed by atoms with Crippen molar-refractivity contribution in [2.24, 2.45) is 7.05 Å². The number of aryl methyl sites for hydroxylation is 1. The van der Waals surface area contributed by atoms with E-state index < -0.39 is 23.5 Å². The highest BCUT2D eigenvalue weighted by atomic mass is 32.2. The van der Waals surface area contributed by atoms with Crippen LogP contribution in [0.5, 0.6) is 5.75 Å². The average molecular weight is 406 g/mol. The molecule has 0 spiro atoms. The molecule has 2 heterocycles. The van der Waals surface area contributed by atoms with Gasteiger partial charge in [-0.05, 0) is 19.1 Å². The number of H-pyrrole nitrogens is 1. The first kappa shape index (κ1) is 20.2. The normalized spacial score (nSPS) is 13.6. The Kier molecular flexibility index (Phi) is 6.22. The highest BCUT2D eigenvalue weighted by Crippen LogP contribution is 2.22. The van der Waals surface area contributed by atoms with Crippen molar-refractivity contribution in [2.45, 2.75) is 30.8 Å². The summed E-state index contributed by atoms with van der Waals surface area (Å²) < 4.78 is 8.37. The zero-order valence-corrected chi connectivity index (χ0v) is 16.3. The predicted molar refractivity (Wildman–Crippen MR) is 106 cm³/mol. The maximum atomic E-state index is 12.4. The summed E-state index contributed by atoms with van der Waals surface area (Å²) in [6.07, 6.45) is -1.49. The number of benzene rings is 1. The highest BCUT2D eigenvalue weighted by Gasteiger charge is 2.20. The average Bonchev–Trinajstić information content (AvgIpc) is 3.02. The number of nitrogens with zero attached hydrogens (tertiary/aromatic N) is 3. The van der Waals surface area contributed by atoms with Gasteiger partial charge in [-0.15, -0.1) is 0 Å². The van der Waals surface area contributed by atoms with E-state index in [1.165, 1.54) is 23.4 Å². The van der Waals surface area contributed by atoms with Crippen LogP contribution in [0.1, 0.15) is 6.92 Å². The lowest BCUT2D eigenvalue weighted by atomic mass is 10.3. The third-order valence-corrected chi connectivity index (χ3v) is 5.22. The fourth-order valence-corrected chi connectivity index (χ4v) is 3.52. The number of para-hydroxylation sites is 1. The number of nitrogens with one attached hydrogen (secondary N) is 1. The van der Waals surface area contributed by atoms with Gasteiger partial charge in [0.15, 0.2) is 16.3 Å². The van der Waals surface area contributed by atoms with Crippen LogP contribution >= 0.6 is 11.8 Å². The van der Waals surface area contributed by atoms with Gasteiger partial charge in [-0.2, -0.15) is 0 Å². The van der Waals surface area contributed by atoms with Crippen LogP contribution in [0.4, 0.5) is 0 Å². The molecule has 150 valence electrons. The van der Waals surface area contributed by atoms with Gasteiger partial charge in [-0.3, -0.25) is 14.3 Å². The Hall–Kier alpha value is -2.56. The molecule has 0 amide bonds. The van der Waals surface area contributed by atoms with Crippen molar-refractivity contribution in [3.05, 3.63) is 51.2 Å². The fraction of sp³-hybridized carbons (Fsp3) is 0.389. The Morgan fingerprint density at radius 3 is 2.64 bits per heavy atom. The molecule has 28 heavy (non-hydrogen) atoms. The van der Waals surface area contributed by atoms with Crippen LogP contribution in [0.3, 0.4) is 0 Å². The first-order chi connectivity index (χ1) is 13.4. The second-order valence-electron chi connectivity index (χ2n) is 6.43. The summed E-state index contributed by atoms with van der Waals surface area (Å²) in [6.45, 7) is 1.71. The summed E-state index contributed by atoms with van der Waals surface area (Å²) >= 11 is 1.24. The minimum absolute atomic E-state index is 0.0217. The molecule has 2 aromatic heterocycles. The number of rotatable bonds is 8. The number of hydrogen-bond donors (Lipinski definition) is 3. The molecule has 0 aliphatic carbocycles. The van der Waals surface area contributed by atoms with Crippen LogP contribution in [0.15, 0.2) is 45.1 Å². The third kappa shape index (κ3) is 4.46. The van der Waals surface area contributed by atoms with Gasteiger partial charge in [0.2, 0.25) is 0 Å². The number of hydrogen-bond acceptors (Lipinski definition) is 7. The van der Waals surface area contributed by atoms with E-state index >= 15 is 0 Å². The van der Waals surface area contributed by atoms with E-state index in [9.17, 15) is 19.8 Å². The molecule has 0 aliphatic rings. The van der Waals surface area contributed by atoms with E-state index in [0.717, 1.165) is 0 Å². The molecule has 2 atom stereocenters. The van der Waals surface area contributed by atoms with E-state index in [1.807, 2.05) is 18.2 Å². The van der Waals surface area contributed by atoms with Crippen molar-refractivity contribution in [3.8, 4) is 5.75 Å². The van der Waals surface area contributed by atoms with Gasteiger partial charge in [-0.1, -0.05) is 30.0 Å². The summed E-state index contributed by atoms with van der Waals surface area (Å²) in [5, 5.41) is 20.5. The summed E-state index contributed by atoms with van der Waals surface area (Å²) in [4.78, 5) is 30.9. The maximum Gasteiger partial charge on any atom is 0.329 e. The number of aliphatic hydroxyl groups is 2. The zero-order valence-electron chi connectivity index (χ0n) is 15.5. The standard InChI is InChI=1S/C18H22N4O5S/c1-11(23)10-28-18-19-15-14(16(25)20-17(26)21(15)2)22(18)8-12(24)9-27-13-6-4-3-5-7-13/h3-7,11-12,23-24H,8-10H2,1-2H3,(H,20,25,26)/t11-,12+/m1/s1. The van der Waals surface area contributed by atoms with Gasteiger partial charge in [0.1, 0.15) is 18.5 Å². The van der Waals surface area contributed by atoms with Crippen molar-refractivity contribution in [3.63, 3.8) is 0 Å². The highest BCUT2D eigenvalue weighted by molar-refractivity contribution is 7.99. The number of aliphatic hydroxyl groups excluding tert-OH is 2. The Labute approximate surface area is 164 Å². The van der Waals surface area contributed by atoms with Gasteiger partial charge in [0.05, 0.1) is 12.6 Å². The molecular formula is C18H22N4O5S. The van der Waals surface area contributed by atoms with Gasteiger partial charge in [0.25, 0.3) is 5.56 Å². The van der Waals surface area contributed by atoms with Crippen LogP contribution < -0.4 is 16.0 Å². The summed E-state index contributed by atoms with van der Waals surface area (Å²) in [5.74, 6) is 0.979. The maximum absolute atomic E-state index is 12.4. The molecule has 0 fully saturated rings. The third-order valence-electron chi connectivity index (χ3n) is 4.00. The Morgan fingerprint density at radius 2 is 1.96 bits per heavy atom. The number of aromatic nitrogens is 4. The van der Waals surface area contributed by atoms with Gasteiger partial charge >= 0.3 is 5.69 Å². The number of fused-ring (bicyclic) bond motifs is 1. The first-order valence-electron chi connectivity index (χ1n) is 8.73. The van der Waals surface area contributed by atoms with Crippen LogP contribution in [0.2, 0.25) is 0 Å². The predicted octanol–water partition coefficient (Wildman–Crippen LogP) is 0.336. The number of imidazole rings is 1. The summed E-state index contributed by atoms with van der Waals surface area (Å²) in [6, 6.07) is 9.09. The van der Waals surface area contributed by atoms with Crippen LogP contribution in [0.25, 0.3) is 11.2 Å². The number of aromatic amines is 1. The van der Waals surface area contributed by atoms with Crippen molar-refractivity contribution >= 4 is 22.9 Å². The second kappa shape index (κ2) is 8.63. The van der Waals surface area contributed by atoms with Crippen molar-refractivity contribution < 1.29 is 14.9 Å².